The second kappa shape index (κ2) is 40.6. The number of H-pyrrole nitrogens is 4. The van der Waals surface area contributed by atoms with Crippen LogP contribution >= 0.6 is 0 Å². The van der Waals surface area contributed by atoms with Gasteiger partial charge in [0.15, 0.2) is 45.7 Å². The Hall–Kier alpha value is -11.9. The van der Waals surface area contributed by atoms with Crippen LogP contribution in [0.15, 0.2) is 207 Å². The molecule has 0 unspecified atom stereocenters. The zero-order valence-corrected chi connectivity index (χ0v) is 73.2. The number of hydrogen-bond acceptors (Lipinski definition) is 20. The number of sulfonamides is 4. The maximum atomic E-state index is 12.8. The summed E-state index contributed by atoms with van der Waals surface area (Å²) >= 11 is 0. The minimum atomic E-state index is -3.48. The lowest BCUT2D eigenvalue weighted by Gasteiger charge is -2.15. The Morgan fingerprint density at radius 2 is 0.603 bits per heavy atom. The van der Waals surface area contributed by atoms with Crippen molar-refractivity contribution in [2.45, 2.75) is 169 Å². The Morgan fingerprint density at radius 1 is 0.333 bits per heavy atom. The number of Topliss-reactive ketones (excluding diaryl/α,β-unsaturated/α-hetero) is 4. The van der Waals surface area contributed by atoms with Crippen molar-refractivity contribution in [1.82, 2.24) is 78.7 Å². The molecule has 8 heterocycles. The zero-order valence-electron chi connectivity index (χ0n) is 70.0. The Morgan fingerprint density at radius 3 is 0.889 bits per heavy atom. The van der Waals surface area contributed by atoms with E-state index >= 15 is 0 Å². The Bertz CT molecular complexity index is 6690. The predicted molar refractivity (Wildman–Crippen MR) is 502 cm³/mol. The first kappa shape index (κ1) is 99.5. The van der Waals surface area contributed by atoms with E-state index in [4.69, 9.17) is 4.98 Å². The highest BCUT2D eigenvalue weighted by Gasteiger charge is 2.36. The van der Waals surface area contributed by atoms with E-state index in [-0.39, 0.29) is 95.8 Å². The lowest BCUT2D eigenvalue weighted by Crippen LogP contribution is -2.26. The molecule has 126 heavy (non-hydrogen) atoms. The first-order valence-electron chi connectivity index (χ1n) is 39.3. The van der Waals surface area contributed by atoms with Crippen molar-refractivity contribution >= 4 is 108 Å². The molecule has 1 aliphatic rings. The molecule has 28 nitrogen and oxygen atoms in total. The second-order valence-corrected chi connectivity index (χ2v) is 41.5. The van der Waals surface area contributed by atoms with Gasteiger partial charge in [0.2, 0.25) is 40.1 Å². The molecule has 8 aromatic heterocycles. The van der Waals surface area contributed by atoms with Crippen LogP contribution in [0, 0.1) is 21.7 Å². The van der Waals surface area contributed by atoms with Crippen molar-refractivity contribution in [2.24, 2.45) is 21.7 Å². The van der Waals surface area contributed by atoms with Crippen LogP contribution in [0.25, 0.3) is 89.7 Å². The van der Waals surface area contributed by atoms with E-state index in [9.17, 15) is 52.8 Å². The molecular weight excluding hydrogens is 1670 g/mol. The fourth-order valence-corrected chi connectivity index (χ4v) is 16.7. The molecule has 15 rings (SSSR count). The summed E-state index contributed by atoms with van der Waals surface area (Å²) in [6.45, 7) is 23.3. The van der Waals surface area contributed by atoms with Crippen molar-refractivity contribution in [3.63, 3.8) is 0 Å². The van der Waals surface area contributed by atoms with Gasteiger partial charge in [0.05, 0.1) is 92.8 Å². The number of aromatic nitrogens is 12. The maximum absolute atomic E-state index is 12.8. The van der Waals surface area contributed by atoms with Crippen LogP contribution in [0.1, 0.15) is 200 Å². The summed E-state index contributed by atoms with van der Waals surface area (Å²) in [6.07, 6.45) is 15.8. The Balaban J connectivity index is 0.000000206. The third-order valence-corrected chi connectivity index (χ3v) is 24.7. The first-order chi connectivity index (χ1) is 57.4. The third-order valence-electron chi connectivity index (χ3n) is 19.5. The molecule has 32 heteroatoms. The lowest BCUT2D eigenvalue weighted by molar-refractivity contribution is 0.0854. The quantitative estimate of drug-likeness (QED) is 0.0246. The van der Waals surface area contributed by atoms with Crippen LogP contribution in [-0.4, -0.2) is 128 Å². The summed E-state index contributed by atoms with van der Waals surface area (Å²) in [5.41, 5.74) is 15.0. The van der Waals surface area contributed by atoms with Gasteiger partial charge < -0.3 is 19.9 Å². The number of fused-ring (bicyclic) bond motifs is 4. The van der Waals surface area contributed by atoms with Gasteiger partial charge in [0.1, 0.15) is 22.1 Å². The number of nitrogens with one attached hydrogen (secondary N) is 8. The third kappa shape index (κ3) is 25.9. The summed E-state index contributed by atoms with van der Waals surface area (Å²) in [4.78, 5) is 99.2. The van der Waals surface area contributed by atoms with E-state index in [1.165, 1.54) is 0 Å². The van der Waals surface area contributed by atoms with Gasteiger partial charge in [-0.15, -0.1) is 0 Å². The van der Waals surface area contributed by atoms with Gasteiger partial charge in [-0.3, -0.25) is 19.2 Å². The van der Waals surface area contributed by atoms with Gasteiger partial charge in [-0.05, 0) is 58.4 Å². The van der Waals surface area contributed by atoms with Crippen LogP contribution in [0.3, 0.4) is 0 Å². The predicted octanol–water partition coefficient (Wildman–Crippen LogP) is 17.8. The van der Waals surface area contributed by atoms with Crippen molar-refractivity contribution in [3.8, 4) is 45.0 Å². The summed E-state index contributed by atoms with van der Waals surface area (Å²) in [5.74, 6) is -0.151. The number of carbonyl (C=O) groups is 4. The average Bonchev–Trinajstić information content (AvgIpc) is 1.63. The fourth-order valence-electron chi connectivity index (χ4n) is 12.7. The minimum absolute atomic E-state index is 0. The molecule has 1 saturated carbocycles. The van der Waals surface area contributed by atoms with Crippen molar-refractivity contribution < 1.29 is 52.8 Å². The molecule has 1 aliphatic carbocycles. The van der Waals surface area contributed by atoms with E-state index in [0.29, 0.717) is 89.7 Å². The van der Waals surface area contributed by atoms with Crippen molar-refractivity contribution in [2.75, 3.05) is 6.26 Å². The average molecular weight is 1790 g/mol. The van der Waals surface area contributed by atoms with Gasteiger partial charge in [-0.1, -0.05) is 258 Å². The highest BCUT2D eigenvalue weighted by Crippen LogP contribution is 2.34. The fraction of sp³-hybridized carbons (Fsp3) is 0.319. The standard InChI is InChI=1S/2C25H26N4O3S.C21H24N4O3S.C19H22N4O3S.4CH4/c1-25(2,3)23(30)20-14-26-24-22(20)29-21(15-27-24)19-11-7-10-18(12-19)13-28-33(31,32)16-17-8-5-4-6-9-17;1-25(2,3)23(30)20-14-26-24-22(20)29-21(15-27-24)19-11-9-17(10-12-19)13-28-33(31,32)16-18-7-5-4-6-8-18;1-21(2,3)19(26)16-11-22-20-18(16)25-17(12-23-20)14-6-4-13(5-7-14)10-24-29(27,28)15-8-9-15;1-19(2,3)17(24)14-10-20-18-16(14)23-15(11-21-18)13-7-5-6-12(8-13)9-22-27(4,25)26;;;;/h2*4-12,14-15,28H,13,16H2,1-3H3,(H,26,27);4-7,11-12,15,24H,8-10H2,1-3H3,(H,22,23);5-8,10-11,22H,9H2,1-4H3,(H,20,21);4*1H4. The number of hydrogen-bond donors (Lipinski definition) is 8. The molecule has 0 amide bonds. The van der Waals surface area contributed by atoms with Crippen LogP contribution in [0.4, 0.5) is 0 Å². The number of nitrogens with zero attached hydrogens (tertiary/aromatic N) is 8. The van der Waals surface area contributed by atoms with E-state index in [0.717, 1.165) is 74.7 Å². The van der Waals surface area contributed by atoms with Crippen LogP contribution in [0.5, 0.6) is 0 Å². The number of carbonyl (C=O) groups excluding carboxylic acids is 4. The number of ketones is 4. The summed E-state index contributed by atoms with van der Waals surface area (Å²) < 4.78 is 107. The highest BCUT2D eigenvalue weighted by molar-refractivity contribution is 7.90. The van der Waals surface area contributed by atoms with Gasteiger partial charge in [-0.25, -0.2) is 92.4 Å². The second-order valence-electron chi connectivity index (χ2n) is 34.0. The molecule has 0 bridgehead atoms. The zero-order chi connectivity index (χ0) is 87.9. The largest absolute Gasteiger partial charge is 0.344 e. The van der Waals surface area contributed by atoms with Crippen LogP contribution < -0.4 is 18.9 Å². The van der Waals surface area contributed by atoms with Crippen molar-refractivity contribution in [3.05, 3.63) is 263 Å². The first-order valence-corrected chi connectivity index (χ1v) is 46.1. The number of benzene rings is 6. The normalized spacial score (nSPS) is 12.5. The molecule has 666 valence electrons. The summed E-state index contributed by atoms with van der Waals surface area (Å²) in [7, 11) is -13.4. The molecule has 14 aromatic rings. The van der Waals surface area contributed by atoms with E-state index in [1.54, 1.807) is 73.8 Å². The molecule has 1 fully saturated rings. The monoisotopic (exact) mass is 1790 g/mol. The highest BCUT2D eigenvalue weighted by atomic mass is 32.2. The van der Waals surface area contributed by atoms with E-state index < -0.39 is 61.8 Å². The number of rotatable bonds is 25. The molecule has 6 aromatic carbocycles. The number of aromatic amines is 4. The maximum Gasteiger partial charge on any atom is 0.216 e. The molecule has 0 aliphatic heterocycles. The van der Waals surface area contributed by atoms with Gasteiger partial charge in [0.25, 0.3) is 0 Å². The molecule has 8 N–H and O–H groups in total. The lowest BCUT2D eigenvalue weighted by atomic mass is 9.87. The smallest absolute Gasteiger partial charge is 0.216 e. The summed E-state index contributed by atoms with van der Waals surface area (Å²) in [5, 5.41) is -0.227. The van der Waals surface area contributed by atoms with E-state index in [2.05, 4.69) is 73.7 Å². The molecule has 0 radical (unpaired) electrons. The Kier molecular flexibility index (Phi) is 32.1. The van der Waals surface area contributed by atoms with Crippen molar-refractivity contribution in [1.29, 1.82) is 0 Å². The topological polar surface area (TPSA) is 419 Å². The van der Waals surface area contributed by atoms with Gasteiger partial charge in [-0.2, -0.15) is 0 Å². The molecule has 0 spiro atoms. The Labute approximate surface area is 739 Å². The van der Waals surface area contributed by atoms with Gasteiger partial charge in [0, 0.05) is 94.9 Å². The molecule has 0 atom stereocenters. The molecule has 0 saturated heterocycles. The minimum Gasteiger partial charge on any atom is -0.344 e. The molecular formula is C94H114N16O12S4. The van der Waals surface area contributed by atoms with E-state index in [1.807, 2.05) is 217 Å². The SMILES string of the molecule is C.C.C.C.CC(C)(C)C(=O)c1c[nH]c2ncc(-c3ccc(CNS(=O)(=O)C4CC4)cc3)nc12.CC(C)(C)C(=O)c1c[nH]c2ncc(-c3ccc(CNS(=O)(=O)Cc4ccccc4)cc3)nc12.CC(C)(C)C(=O)c1c[nH]c2ncc(-c3cccc(CNS(=O)(=O)Cc4ccccc4)c3)nc12.CC(C)(C)C(=O)c1c[nH]c2ncc(-c3cccc(CNS(C)(=O)=O)c3)nc12. The van der Waals surface area contributed by atoms with Gasteiger partial charge >= 0.3 is 0 Å². The van der Waals surface area contributed by atoms with Crippen LogP contribution in [0.2, 0.25) is 0 Å². The van der Waals surface area contributed by atoms with Crippen LogP contribution in [-0.2, 0) is 77.8 Å². The summed E-state index contributed by atoms with van der Waals surface area (Å²) in [6, 6.07) is 47.9.